The van der Waals surface area contributed by atoms with Crippen molar-refractivity contribution in [2.24, 2.45) is 0 Å². The lowest BCUT2D eigenvalue weighted by molar-refractivity contribution is 0.0934. The molecule has 0 saturated heterocycles. The van der Waals surface area contributed by atoms with E-state index >= 15 is 0 Å². The molecule has 154 valence electrons. The van der Waals surface area contributed by atoms with Crippen molar-refractivity contribution in [2.75, 3.05) is 5.32 Å². The molecule has 0 aliphatic heterocycles. The quantitative estimate of drug-likeness (QED) is 0.338. The first kappa shape index (κ1) is 20.2. The van der Waals surface area contributed by atoms with Crippen LogP contribution in [0.4, 0.5) is 5.69 Å². The number of benzene rings is 2. The number of nitrogens with one attached hydrogen (secondary N) is 3. The molecule has 4 aromatic rings. The van der Waals surface area contributed by atoms with E-state index in [1.54, 1.807) is 23.1 Å². The number of thiocarbonyl (C=S) groups is 1. The van der Waals surface area contributed by atoms with Crippen LogP contribution in [0.1, 0.15) is 16.2 Å². The van der Waals surface area contributed by atoms with E-state index in [9.17, 15) is 4.79 Å². The van der Waals surface area contributed by atoms with Gasteiger partial charge in [0.25, 0.3) is 0 Å². The SMILES string of the molecule is Cc1ccc(NC(=S)NNC(=O)c2nc(-c3ccccc3)n(-c3cccnc3)n2)cc1. The maximum Gasteiger partial charge on any atom is 0.309 e. The highest BCUT2D eigenvalue weighted by atomic mass is 32.1. The molecule has 0 aliphatic carbocycles. The number of carbonyl (C=O) groups is 1. The fraction of sp³-hybridized carbons (Fsp3) is 0.0455. The predicted molar refractivity (Wildman–Crippen MR) is 123 cm³/mol. The van der Waals surface area contributed by atoms with Gasteiger partial charge in [0, 0.05) is 17.4 Å². The normalized spacial score (nSPS) is 10.4. The minimum absolute atomic E-state index is 0.00616. The van der Waals surface area contributed by atoms with E-state index < -0.39 is 5.91 Å². The molecule has 0 atom stereocenters. The van der Waals surface area contributed by atoms with Crippen LogP contribution in [0.3, 0.4) is 0 Å². The molecule has 0 saturated carbocycles. The van der Waals surface area contributed by atoms with Crippen molar-refractivity contribution < 1.29 is 4.79 Å². The zero-order valence-electron chi connectivity index (χ0n) is 16.6. The highest BCUT2D eigenvalue weighted by Gasteiger charge is 2.19. The van der Waals surface area contributed by atoms with Gasteiger partial charge >= 0.3 is 5.91 Å². The summed E-state index contributed by atoms with van der Waals surface area (Å²) < 4.78 is 1.58. The van der Waals surface area contributed by atoms with Crippen LogP contribution in [0.2, 0.25) is 0 Å². The molecule has 0 unspecified atom stereocenters. The number of nitrogens with zero attached hydrogens (tertiary/aromatic N) is 4. The zero-order valence-corrected chi connectivity index (χ0v) is 17.4. The molecule has 2 aromatic carbocycles. The Bertz CT molecular complexity index is 1130. The molecule has 0 spiro atoms. The lowest BCUT2D eigenvalue weighted by Gasteiger charge is -2.10. The second-order valence-corrected chi connectivity index (χ2v) is 7.06. The van der Waals surface area contributed by atoms with Crippen LogP contribution in [0.25, 0.3) is 17.1 Å². The van der Waals surface area contributed by atoms with Crippen molar-refractivity contribution in [3.05, 3.63) is 90.5 Å². The van der Waals surface area contributed by atoms with Crippen molar-refractivity contribution in [2.45, 2.75) is 6.92 Å². The monoisotopic (exact) mass is 429 g/mol. The van der Waals surface area contributed by atoms with Gasteiger partial charge in [0.2, 0.25) is 5.82 Å². The summed E-state index contributed by atoms with van der Waals surface area (Å²) in [5, 5.41) is 7.62. The van der Waals surface area contributed by atoms with Crippen molar-refractivity contribution in [3.63, 3.8) is 0 Å². The number of aryl methyl sites for hydroxylation is 1. The van der Waals surface area contributed by atoms with Crippen LogP contribution in [-0.2, 0) is 0 Å². The lowest BCUT2D eigenvalue weighted by atomic mass is 10.2. The number of hydrogen-bond acceptors (Lipinski definition) is 5. The summed E-state index contributed by atoms with van der Waals surface area (Å²) in [7, 11) is 0. The smallest absolute Gasteiger partial charge is 0.309 e. The lowest BCUT2D eigenvalue weighted by Crippen LogP contribution is -2.44. The molecule has 3 N–H and O–H groups in total. The Balaban J connectivity index is 1.51. The van der Waals surface area contributed by atoms with E-state index in [4.69, 9.17) is 12.2 Å². The highest BCUT2D eigenvalue weighted by Crippen LogP contribution is 2.20. The number of hydrazine groups is 1. The molecule has 1 amide bonds. The topological polar surface area (TPSA) is 96.8 Å². The Morgan fingerprint density at radius 3 is 2.45 bits per heavy atom. The molecule has 0 aliphatic rings. The summed E-state index contributed by atoms with van der Waals surface area (Å²) in [5.41, 5.74) is 8.66. The molecule has 0 bridgehead atoms. The number of hydrogen-bond donors (Lipinski definition) is 3. The van der Waals surface area contributed by atoms with Gasteiger partial charge in [-0.25, -0.2) is 9.67 Å². The van der Waals surface area contributed by atoms with Gasteiger partial charge in [0.05, 0.1) is 11.9 Å². The molecule has 4 rings (SSSR count). The maximum atomic E-state index is 12.7. The van der Waals surface area contributed by atoms with Gasteiger partial charge in [0.1, 0.15) is 0 Å². The second kappa shape index (κ2) is 9.14. The summed E-state index contributed by atoms with van der Waals surface area (Å²) in [4.78, 5) is 21.2. The summed E-state index contributed by atoms with van der Waals surface area (Å²) >= 11 is 5.23. The summed E-state index contributed by atoms with van der Waals surface area (Å²) in [5.74, 6) is 0.000302. The van der Waals surface area contributed by atoms with Crippen LogP contribution in [-0.4, -0.2) is 30.8 Å². The molecule has 0 radical (unpaired) electrons. The number of carbonyl (C=O) groups excluding carboxylic acids is 1. The number of amides is 1. The number of rotatable bonds is 4. The van der Waals surface area contributed by atoms with Gasteiger partial charge in [-0.1, -0.05) is 48.0 Å². The molecular weight excluding hydrogens is 410 g/mol. The van der Waals surface area contributed by atoms with Gasteiger partial charge in [-0.05, 0) is 43.4 Å². The van der Waals surface area contributed by atoms with Crippen LogP contribution in [0.15, 0.2) is 79.1 Å². The van der Waals surface area contributed by atoms with E-state index in [1.165, 1.54) is 0 Å². The van der Waals surface area contributed by atoms with Crippen molar-refractivity contribution in [3.8, 4) is 17.1 Å². The van der Waals surface area contributed by atoms with Crippen molar-refractivity contribution in [1.29, 1.82) is 0 Å². The number of aromatic nitrogens is 4. The fourth-order valence-corrected chi connectivity index (χ4v) is 2.98. The maximum absolute atomic E-state index is 12.7. The molecule has 2 heterocycles. The first-order chi connectivity index (χ1) is 15.1. The van der Waals surface area contributed by atoms with Crippen LogP contribution >= 0.6 is 12.2 Å². The molecule has 31 heavy (non-hydrogen) atoms. The molecular formula is C22H19N7OS. The number of anilines is 1. The highest BCUT2D eigenvalue weighted by molar-refractivity contribution is 7.80. The van der Waals surface area contributed by atoms with E-state index in [0.717, 1.165) is 16.8 Å². The second-order valence-electron chi connectivity index (χ2n) is 6.65. The Morgan fingerprint density at radius 2 is 1.74 bits per heavy atom. The Labute approximate surface area is 184 Å². The van der Waals surface area contributed by atoms with Crippen LogP contribution in [0, 0.1) is 6.92 Å². The number of pyridine rings is 1. The molecule has 8 nitrogen and oxygen atoms in total. The summed E-state index contributed by atoms with van der Waals surface area (Å²) in [6.45, 7) is 2.00. The Hall–Kier alpha value is -4.11. The van der Waals surface area contributed by atoms with Gasteiger partial charge in [-0.2, -0.15) is 0 Å². The third kappa shape index (κ3) is 4.90. The Kier molecular flexibility index (Phi) is 5.95. The fourth-order valence-electron chi connectivity index (χ4n) is 2.81. The standard InChI is InChI=1S/C22H19N7OS/c1-15-9-11-17(12-10-15)24-22(31)27-26-21(30)19-25-20(16-6-3-2-4-7-16)29(28-19)18-8-5-13-23-14-18/h2-14H,1H3,(H,26,30)(H2,24,27,31). The van der Waals surface area contributed by atoms with Crippen molar-refractivity contribution >= 4 is 28.9 Å². The first-order valence-corrected chi connectivity index (χ1v) is 9.88. The van der Waals surface area contributed by atoms with E-state index in [-0.39, 0.29) is 10.9 Å². The summed E-state index contributed by atoms with van der Waals surface area (Å²) in [6, 6.07) is 20.9. The Morgan fingerprint density at radius 1 is 0.968 bits per heavy atom. The largest absolute Gasteiger partial charge is 0.331 e. The van der Waals surface area contributed by atoms with Gasteiger partial charge in [0.15, 0.2) is 10.9 Å². The summed E-state index contributed by atoms with van der Waals surface area (Å²) in [6.07, 6.45) is 3.32. The average molecular weight is 430 g/mol. The van der Waals surface area contributed by atoms with Gasteiger partial charge < -0.3 is 5.32 Å². The minimum atomic E-state index is -0.520. The molecule has 0 fully saturated rings. The first-order valence-electron chi connectivity index (χ1n) is 9.47. The molecule has 9 heteroatoms. The third-order valence-electron chi connectivity index (χ3n) is 4.33. The van der Waals surface area contributed by atoms with Gasteiger partial charge in [-0.3, -0.25) is 20.6 Å². The van der Waals surface area contributed by atoms with E-state index in [0.29, 0.717) is 11.5 Å². The minimum Gasteiger partial charge on any atom is -0.331 e. The average Bonchev–Trinajstić information content (AvgIpc) is 3.26. The predicted octanol–water partition coefficient (Wildman–Crippen LogP) is 3.27. The van der Waals surface area contributed by atoms with Crippen LogP contribution in [0.5, 0.6) is 0 Å². The molecule has 2 aromatic heterocycles. The van der Waals surface area contributed by atoms with Crippen LogP contribution < -0.4 is 16.2 Å². The van der Waals surface area contributed by atoms with Crippen molar-refractivity contribution in [1.82, 2.24) is 30.6 Å². The third-order valence-corrected chi connectivity index (χ3v) is 4.54. The van der Waals surface area contributed by atoms with E-state index in [1.807, 2.05) is 67.6 Å². The van der Waals surface area contributed by atoms with E-state index in [2.05, 4.69) is 31.2 Å². The van der Waals surface area contributed by atoms with Gasteiger partial charge in [-0.15, -0.1) is 5.10 Å². The zero-order chi connectivity index (χ0) is 21.6.